The number of aromatic nitrogens is 2. The van der Waals surface area contributed by atoms with Crippen molar-refractivity contribution >= 4 is 5.91 Å². The number of carbonyl (C=O) groups excluding carboxylic acids is 1. The first-order valence-corrected chi connectivity index (χ1v) is 7.20. The number of hydrogen-bond donors (Lipinski definition) is 1. The quantitative estimate of drug-likeness (QED) is 0.791. The van der Waals surface area contributed by atoms with Crippen molar-refractivity contribution in [2.45, 2.75) is 6.54 Å². The SMILES string of the molecule is O=C1NCc2cc(-c3ccnnc3)c(-c3ccc(F)cc3)cc21. The van der Waals surface area contributed by atoms with Crippen LogP contribution in [0.25, 0.3) is 22.3 Å². The molecule has 4 nitrogen and oxygen atoms in total. The first-order valence-electron chi connectivity index (χ1n) is 7.20. The summed E-state index contributed by atoms with van der Waals surface area (Å²) < 4.78 is 13.2. The summed E-state index contributed by atoms with van der Waals surface area (Å²) in [6.45, 7) is 0.517. The predicted octanol–water partition coefficient (Wildman–Crippen LogP) is 3.19. The van der Waals surface area contributed by atoms with Gasteiger partial charge in [0.05, 0.1) is 12.4 Å². The van der Waals surface area contributed by atoms with Crippen molar-refractivity contribution in [2.24, 2.45) is 0 Å². The van der Waals surface area contributed by atoms with Crippen LogP contribution in [0.1, 0.15) is 15.9 Å². The van der Waals surface area contributed by atoms with Gasteiger partial charge < -0.3 is 5.32 Å². The molecule has 112 valence electrons. The Morgan fingerprint density at radius 1 is 0.913 bits per heavy atom. The van der Waals surface area contributed by atoms with Gasteiger partial charge in [0.1, 0.15) is 5.82 Å². The van der Waals surface area contributed by atoms with Crippen LogP contribution in [0.4, 0.5) is 4.39 Å². The summed E-state index contributed by atoms with van der Waals surface area (Å²) in [6, 6.07) is 12.0. The van der Waals surface area contributed by atoms with Crippen LogP contribution in [-0.4, -0.2) is 16.1 Å². The van der Waals surface area contributed by atoms with Gasteiger partial charge in [0, 0.05) is 17.7 Å². The molecule has 0 spiro atoms. The fraction of sp³-hybridized carbons (Fsp3) is 0.0556. The highest BCUT2D eigenvalue weighted by molar-refractivity contribution is 6.01. The zero-order chi connectivity index (χ0) is 15.8. The summed E-state index contributed by atoms with van der Waals surface area (Å²) in [5.74, 6) is -0.373. The summed E-state index contributed by atoms with van der Waals surface area (Å²) in [5.41, 5.74) is 5.18. The van der Waals surface area contributed by atoms with Gasteiger partial charge in [-0.05, 0) is 52.6 Å². The Labute approximate surface area is 132 Å². The predicted molar refractivity (Wildman–Crippen MR) is 84.0 cm³/mol. The molecule has 0 fully saturated rings. The normalized spacial score (nSPS) is 12.8. The monoisotopic (exact) mass is 305 g/mol. The lowest BCUT2D eigenvalue weighted by Crippen LogP contribution is -2.12. The lowest BCUT2D eigenvalue weighted by molar-refractivity contribution is 0.0966. The van der Waals surface area contributed by atoms with Crippen LogP contribution in [0.5, 0.6) is 0 Å². The molecular weight excluding hydrogens is 293 g/mol. The summed E-state index contributed by atoms with van der Waals surface area (Å²) in [5, 5.41) is 10.6. The van der Waals surface area contributed by atoms with E-state index in [2.05, 4.69) is 15.5 Å². The Bertz CT molecular complexity index is 892. The third-order valence-electron chi connectivity index (χ3n) is 3.98. The van der Waals surface area contributed by atoms with Gasteiger partial charge in [-0.25, -0.2) is 4.39 Å². The lowest BCUT2D eigenvalue weighted by Gasteiger charge is -2.12. The van der Waals surface area contributed by atoms with E-state index in [0.717, 1.165) is 27.8 Å². The molecule has 0 saturated heterocycles. The zero-order valence-corrected chi connectivity index (χ0v) is 12.1. The number of halogens is 1. The Hall–Kier alpha value is -3.08. The molecule has 0 atom stereocenters. The summed E-state index contributed by atoms with van der Waals surface area (Å²) >= 11 is 0. The van der Waals surface area contributed by atoms with Crippen LogP contribution in [0.15, 0.2) is 54.9 Å². The topological polar surface area (TPSA) is 54.9 Å². The fourth-order valence-electron chi connectivity index (χ4n) is 2.83. The van der Waals surface area contributed by atoms with E-state index < -0.39 is 0 Å². The van der Waals surface area contributed by atoms with E-state index in [-0.39, 0.29) is 11.7 Å². The molecule has 3 aromatic rings. The average Bonchev–Trinajstić information content (AvgIpc) is 2.96. The first kappa shape index (κ1) is 13.6. The molecule has 1 amide bonds. The molecule has 2 aromatic carbocycles. The van der Waals surface area contributed by atoms with E-state index in [9.17, 15) is 9.18 Å². The number of fused-ring (bicyclic) bond motifs is 1. The van der Waals surface area contributed by atoms with Gasteiger partial charge in [0.25, 0.3) is 5.91 Å². The maximum Gasteiger partial charge on any atom is 0.251 e. The number of nitrogens with one attached hydrogen (secondary N) is 1. The van der Waals surface area contributed by atoms with Crippen LogP contribution in [0.3, 0.4) is 0 Å². The highest BCUT2D eigenvalue weighted by atomic mass is 19.1. The second-order valence-corrected chi connectivity index (χ2v) is 5.38. The number of amides is 1. The average molecular weight is 305 g/mol. The molecule has 4 rings (SSSR count). The summed E-state index contributed by atoms with van der Waals surface area (Å²) in [7, 11) is 0. The van der Waals surface area contributed by atoms with Gasteiger partial charge in [-0.2, -0.15) is 10.2 Å². The molecule has 1 N–H and O–H groups in total. The Morgan fingerprint density at radius 3 is 2.43 bits per heavy atom. The molecule has 23 heavy (non-hydrogen) atoms. The summed E-state index contributed by atoms with van der Waals surface area (Å²) in [6.07, 6.45) is 3.30. The molecule has 1 aliphatic rings. The molecule has 5 heteroatoms. The fourth-order valence-corrected chi connectivity index (χ4v) is 2.83. The van der Waals surface area contributed by atoms with E-state index in [4.69, 9.17) is 0 Å². The largest absolute Gasteiger partial charge is 0.348 e. The van der Waals surface area contributed by atoms with Crippen molar-refractivity contribution in [2.75, 3.05) is 0 Å². The molecular formula is C18H12FN3O. The maximum atomic E-state index is 13.2. The van der Waals surface area contributed by atoms with Gasteiger partial charge in [-0.1, -0.05) is 12.1 Å². The van der Waals surface area contributed by atoms with Gasteiger partial charge in [-0.15, -0.1) is 0 Å². The molecule has 1 aliphatic heterocycles. The highest BCUT2D eigenvalue weighted by Crippen LogP contribution is 2.35. The number of hydrogen-bond acceptors (Lipinski definition) is 3. The van der Waals surface area contributed by atoms with Crippen molar-refractivity contribution in [1.29, 1.82) is 0 Å². The summed E-state index contributed by atoms with van der Waals surface area (Å²) in [4.78, 5) is 12.0. The molecule has 0 unspecified atom stereocenters. The minimum Gasteiger partial charge on any atom is -0.348 e. The van der Waals surface area contributed by atoms with Crippen molar-refractivity contribution in [3.8, 4) is 22.3 Å². The van der Waals surface area contributed by atoms with Gasteiger partial charge in [0.2, 0.25) is 0 Å². The van der Waals surface area contributed by atoms with E-state index in [1.165, 1.54) is 12.1 Å². The second kappa shape index (κ2) is 5.28. The number of carbonyl (C=O) groups is 1. The Balaban J connectivity index is 1.97. The van der Waals surface area contributed by atoms with Gasteiger partial charge >= 0.3 is 0 Å². The third-order valence-corrected chi connectivity index (χ3v) is 3.98. The minimum atomic E-state index is -0.292. The van der Waals surface area contributed by atoms with E-state index in [0.29, 0.717) is 12.1 Å². The van der Waals surface area contributed by atoms with Crippen molar-refractivity contribution in [3.63, 3.8) is 0 Å². The third kappa shape index (κ3) is 2.36. The standard InChI is InChI=1S/C18H12FN3O/c19-14-3-1-11(2-4-14)16-8-17-13(9-20-18(17)23)7-15(16)12-5-6-21-22-10-12/h1-8,10H,9H2,(H,20,23). The van der Waals surface area contributed by atoms with Crippen molar-refractivity contribution in [3.05, 3.63) is 71.8 Å². The number of benzene rings is 2. The van der Waals surface area contributed by atoms with E-state index >= 15 is 0 Å². The Kier molecular flexibility index (Phi) is 3.12. The molecule has 1 aromatic heterocycles. The number of rotatable bonds is 2. The first-order chi connectivity index (χ1) is 11.2. The Morgan fingerprint density at radius 2 is 1.70 bits per heavy atom. The van der Waals surface area contributed by atoms with Crippen LogP contribution in [0, 0.1) is 5.82 Å². The van der Waals surface area contributed by atoms with Gasteiger partial charge in [0.15, 0.2) is 0 Å². The van der Waals surface area contributed by atoms with E-state index in [1.54, 1.807) is 24.5 Å². The van der Waals surface area contributed by atoms with E-state index in [1.807, 2.05) is 18.2 Å². The number of nitrogens with zero attached hydrogens (tertiary/aromatic N) is 2. The molecule has 0 bridgehead atoms. The lowest BCUT2D eigenvalue weighted by atomic mass is 9.91. The zero-order valence-electron chi connectivity index (χ0n) is 12.1. The van der Waals surface area contributed by atoms with Crippen LogP contribution >= 0.6 is 0 Å². The van der Waals surface area contributed by atoms with Crippen LogP contribution in [-0.2, 0) is 6.54 Å². The van der Waals surface area contributed by atoms with Gasteiger partial charge in [-0.3, -0.25) is 4.79 Å². The molecule has 0 aliphatic carbocycles. The molecule has 2 heterocycles. The minimum absolute atomic E-state index is 0.0808. The smallest absolute Gasteiger partial charge is 0.251 e. The van der Waals surface area contributed by atoms with Crippen molar-refractivity contribution < 1.29 is 9.18 Å². The van der Waals surface area contributed by atoms with Crippen molar-refractivity contribution in [1.82, 2.24) is 15.5 Å². The second-order valence-electron chi connectivity index (χ2n) is 5.38. The maximum absolute atomic E-state index is 13.2. The molecule has 0 radical (unpaired) electrons. The van der Waals surface area contributed by atoms with Crippen LogP contribution < -0.4 is 5.32 Å². The highest BCUT2D eigenvalue weighted by Gasteiger charge is 2.22. The van der Waals surface area contributed by atoms with Crippen LogP contribution in [0.2, 0.25) is 0 Å². The molecule has 0 saturated carbocycles.